The highest BCUT2D eigenvalue weighted by molar-refractivity contribution is 5.96. The molecule has 1 atom stereocenters. The topological polar surface area (TPSA) is 67.9 Å². The molecule has 0 aromatic rings. The van der Waals surface area contributed by atoms with Crippen molar-refractivity contribution in [2.45, 2.75) is 6.10 Å². The second kappa shape index (κ2) is 3.99. The van der Waals surface area contributed by atoms with Gasteiger partial charge in [0.05, 0.1) is 0 Å². The Bertz CT molecular complexity index is 277. The van der Waals surface area contributed by atoms with Gasteiger partial charge in [-0.15, -0.1) is 0 Å². The van der Waals surface area contributed by atoms with Crippen molar-refractivity contribution in [3.8, 4) is 0 Å². The first-order valence-electron chi connectivity index (χ1n) is 4.04. The second-order valence-corrected chi connectivity index (χ2v) is 2.74. The molecular formula is C8H12N2O4. The summed E-state index contributed by atoms with van der Waals surface area (Å²) in [6, 6.07) is -0.490. The number of urea groups is 1. The van der Waals surface area contributed by atoms with E-state index >= 15 is 0 Å². The third-order valence-corrected chi connectivity index (χ3v) is 1.79. The zero-order valence-corrected chi connectivity index (χ0v) is 8.07. The van der Waals surface area contributed by atoms with Crippen LogP contribution in [-0.4, -0.2) is 43.6 Å². The molecule has 0 spiro atoms. The molecule has 6 heteroatoms. The third kappa shape index (κ3) is 1.95. The molecular weight excluding hydrogens is 188 g/mol. The number of imide groups is 1. The number of rotatable bonds is 1. The summed E-state index contributed by atoms with van der Waals surface area (Å²) in [4.78, 5) is 23.5. The van der Waals surface area contributed by atoms with Gasteiger partial charge in [0.25, 0.3) is 11.9 Å². The molecule has 1 heterocycles. The van der Waals surface area contributed by atoms with E-state index in [1.165, 1.54) is 14.1 Å². The average Bonchev–Trinajstić information content (AvgIpc) is 2.61. The number of carbonyl (C=O) groups is 2. The van der Waals surface area contributed by atoms with Crippen LogP contribution in [-0.2, 0) is 14.3 Å². The van der Waals surface area contributed by atoms with Gasteiger partial charge in [-0.2, -0.15) is 0 Å². The van der Waals surface area contributed by atoms with Crippen molar-refractivity contribution in [2.24, 2.45) is 0 Å². The van der Waals surface area contributed by atoms with E-state index in [9.17, 15) is 9.59 Å². The van der Waals surface area contributed by atoms with Crippen LogP contribution < -0.4 is 5.32 Å². The lowest BCUT2D eigenvalue weighted by atomic mass is 10.3. The molecule has 0 aromatic carbocycles. The van der Waals surface area contributed by atoms with Gasteiger partial charge in [0.15, 0.2) is 0 Å². The standard InChI is InChI=1S/C8H12N2O4/c1-5-13-4-6(14-5)7(11)10(3)8(12)9-2/h6H,1,4H2,2-3H3,(H,9,12). The molecule has 1 saturated heterocycles. The van der Waals surface area contributed by atoms with Crippen LogP contribution in [0.25, 0.3) is 0 Å². The fraction of sp³-hybridized carbons (Fsp3) is 0.500. The van der Waals surface area contributed by atoms with Crippen molar-refractivity contribution in [2.75, 3.05) is 20.7 Å². The van der Waals surface area contributed by atoms with Gasteiger partial charge in [-0.3, -0.25) is 9.69 Å². The summed E-state index contributed by atoms with van der Waals surface area (Å²) in [5.74, 6) is -0.350. The predicted octanol–water partition coefficient (Wildman–Crippen LogP) is -0.329. The first-order chi connectivity index (χ1) is 6.56. The highest BCUT2D eigenvalue weighted by Gasteiger charge is 2.32. The Morgan fingerprint density at radius 2 is 2.29 bits per heavy atom. The van der Waals surface area contributed by atoms with Gasteiger partial charge < -0.3 is 14.8 Å². The molecule has 1 rings (SSSR count). The number of ether oxygens (including phenoxy) is 2. The van der Waals surface area contributed by atoms with Crippen LogP contribution in [0.3, 0.4) is 0 Å². The zero-order chi connectivity index (χ0) is 10.7. The monoisotopic (exact) mass is 200 g/mol. The van der Waals surface area contributed by atoms with E-state index in [2.05, 4.69) is 11.9 Å². The Morgan fingerprint density at radius 3 is 2.71 bits per heavy atom. The van der Waals surface area contributed by atoms with Gasteiger partial charge in [-0.1, -0.05) is 0 Å². The van der Waals surface area contributed by atoms with E-state index < -0.39 is 18.0 Å². The Balaban J connectivity index is 2.57. The molecule has 1 aliphatic rings. The summed E-state index contributed by atoms with van der Waals surface area (Å²) < 4.78 is 9.81. The van der Waals surface area contributed by atoms with E-state index in [-0.39, 0.29) is 12.6 Å². The molecule has 1 aliphatic heterocycles. The highest BCUT2D eigenvalue weighted by Crippen LogP contribution is 2.14. The highest BCUT2D eigenvalue weighted by atomic mass is 16.7. The summed E-state index contributed by atoms with van der Waals surface area (Å²) in [6.45, 7) is 3.49. The van der Waals surface area contributed by atoms with Crippen LogP contribution in [0.15, 0.2) is 12.5 Å². The second-order valence-electron chi connectivity index (χ2n) is 2.74. The molecule has 1 unspecified atom stereocenters. The van der Waals surface area contributed by atoms with Crippen molar-refractivity contribution < 1.29 is 19.1 Å². The van der Waals surface area contributed by atoms with Gasteiger partial charge in [-0.05, 0) is 6.58 Å². The van der Waals surface area contributed by atoms with Crippen LogP contribution in [0.4, 0.5) is 4.79 Å². The Kier molecular flexibility index (Phi) is 2.95. The molecule has 0 bridgehead atoms. The molecule has 0 saturated carbocycles. The summed E-state index contributed by atoms with van der Waals surface area (Å²) in [5, 5.41) is 2.33. The lowest BCUT2D eigenvalue weighted by Gasteiger charge is -2.16. The minimum atomic E-state index is -0.773. The van der Waals surface area contributed by atoms with Crippen LogP contribution in [0, 0.1) is 0 Å². The quantitative estimate of drug-likeness (QED) is 0.629. The fourth-order valence-corrected chi connectivity index (χ4v) is 1.00. The van der Waals surface area contributed by atoms with Crippen LogP contribution in [0.2, 0.25) is 0 Å². The van der Waals surface area contributed by atoms with E-state index in [0.29, 0.717) is 0 Å². The van der Waals surface area contributed by atoms with Crippen LogP contribution in [0.1, 0.15) is 0 Å². The maximum Gasteiger partial charge on any atom is 0.323 e. The van der Waals surface area contributed by atoms with Crippen molar-refractivity contribution in [1.29, 1.82) is 0 Å². The number of nitrogens with zero attached hydrogens (tertiary/aromatic N) is 1. The van der Waals surface area contributed by atoms with E-state index in [4.69, 9.17) is 9.47 Å². The largest absolute Gasteiger partial charge is 0.461 e. The zero-order valence-electron chi connectivity index (χ0n) is 8.07. The van der Waals surface area contributed by atoms with Crippen molar-refractivity contribution >= 4 is 11.9 Å². The predicted molar refractivity (Wildman–Crippen MR) is 47.2 cm³/mol. The lowest BCUT2D eigenvalue weighted by molar-refractivity contribution is -0.134. The van der Waals surface area contributed by atoms with Gasteiger partial charge in [0.1, 0.15) is 6.61 Å². The molecule has 3 amide bonds. The average molecular weight is 200 g/mol. The van der Waals surface area contributed by atoms with Gasteiger partial charge in [0, 0.05) is 14.1 Å². The molecule has 14 heavy (non-hydrogen) atoms. The summed E-state index contributed by atoms with van der Waals surface area (Å²) >= 11 is 0. The maximum atomic E-state index is 11.5. The number of amides is 3. The maximum absolute atomic E-state index is 11.5. The van der Waals surface area contributed by atoms with E-state index in [0.717, 1.165) is 4.90 Å². The number of carbonyl (C=O) groups excluding carboxylic acids is 2. The summed E-state index contributed by atoms with van der Waals surface area (Å²) in [6.07, 6.45) is -0.773. The van der Waals surface area contributed by atoms with Crippen LogP contribution in [0.5, 0.6) is 0 Å². The van der Waals surface area contributed by atoms with Crippen molar-refractivity contribution in [3.63, 3.8) is 0 Å². The first kappa shape index (κ1) is 10.4. The molecule has 0 aliphatic carbocycles. The lowest BCUT2D eigenvalue weighted by Crippen LogP contribution is -2.45. The van der Waals surface area contributed by atoms with Gasteiger partial charge in [-0.25, -0.2) is 4.79 Å². The van der Waals surface area contributed by atoms with Crippen molar-refractivity contribution in [3.05, 3.63) is 12.5 Å². The third-order valence-electron chi connectivity index (χ3n) is 1.79. The Morgan fingerprint density at radius 1 is 1.64 bits per heavy atom. The minimum Gasteiger partial charge on any atom is -0.461 e. The van der Waals surface area contributed by atoms with Gasteiger partial charge in [0.2, 0.25) is 6.10 Å². The molecule has 78 valence electrons. The molecule has 0 radical (unpaired) electrons. The molecule has 1 N–H and O–H groups in total. The SMILES string of the molecule is C=C1OCC(C(=O)N(C)C(=O)NC)O1. The fourth-order valence-electron chi connectivity index (χ4n) is 1.00. The number of nitrogens with one attached hydrogen (secondary N) is 1. The number of hydrogen-bond donors (Lipinski definition) is 1. The number of hydrogen-bond acceptors (Lipinski definition) is 4. The van der Waals surface area contributed by atoms with Gasteiger partial charge >= 0.3 is 6.03 Å². The molecule has 6 nitrogen and oxygen atoms in total. The van der Waals surface area contributed by atoms with Crippen molar-refractivity contribution in [1.82, 2.24) is 10.2 Å². The molecule has 1 fully saturated rings. The van der Waals surface area contributed by atoms with E-state index in [1.54, 1.807) is 0 Å². The Labute approximate surface area is 81.5 Å². The van der Waals surface area contributed by atoms with Crippen LogP contribution >= 0.6 is 0 Å². The first-order valence-corrected chi connectivity index (χ1v) is 4.04. The summed E-state index contributed by atoms with van der Waals surface area (Å²) in [5.41, 5.74) is 0. The summed E-state index contributed by atoms with van der Waals surface area (Å²) in [7, 11) is 2.81. The normalized spacial score (nSPS) is 19.6. The minimum absolute atomic E-state index is 0.0962. The number of likely N-dealkylation sites (N-methyl/N-ethyl adjacent to an activating group) is 1. The smallest absolute Gasteiger partial charge is 0.323 e. The molecule has 0 aromatic heterocycles. The van der Waals surface area contributed by atoms with E-state index in [1.807, 2.05) is 0 Å². The Hall–Kier alpha value is -1.72.